The van der Waals surface area contributed by atoms with Crippen LogP contribution in [0.4, 0.5) is 11.4 Å². The van der Waals surface area contributed by atoms with Crippen molar-refractivity contribution in [3.05, 3.63) is 78.4 Å². The Kier molecular flexibility index (Phi) is 5.29. The molecule has 5 nitrogen and oxygen atoms in total. The second-order valence-electron chi connectivity index (χ2n) is 6.74. The number of fused-ring (bicyclic) bond motifs is 1. The molecule has 0 radical (unpaired) electrons. The highest BCUT2D eigenvalue weighted by Crippen LogP contribution is 2.25. The largest absolute Gasteiger partial charge is 0.436 e. The van der Waals surface area contributed by atoms with E-state index < -0.39 is 0 Å². The van der Waals surface area contributed by atoms with E-state index in [1.807, 2.05) is 72.8 Å². The topological polar surface area (TPSA) is 58.4 Å². The van der Waals surface area contributed by atoms with E-state index in [0.29, 0.717) is 11.5 Å². The SMILES string of the molecule is CCN(CC)c1ccc(C(=O)Nc2ccc(-c3nc4ccccc4o3)cc2)cc1. The fourth-order valence-corrected chi connectivity index (χ4v) is 3.31. The Hall–Kier alpha value is -3.60. The maximum Gasteiger partial charge on any atom is 0.255 e. The van der Waals surface area contributed by atoms with Gasteiger partial charge in [0.1, 0.15) is 5.52 Å². The maximum absolute atomic E-state index is 12.6. The van der Waals surface area contributed by atoms with E-state index in [2.05, 4.69) is 29.0 Å². The van der Waals surface area contributed by atoms with E-state index in [1.165, 1.54) is 0 Å². The van der Waals surface area contributed by atoms with Gasteiger partial charge in [-0.2, -0.15) is 0 Å². The molecule has 0 saturated heterocycles. The smallest absolute Gasteiger partial charge is 0.255 e. The van der Waals surface area contributed by atoms with Crippen molar-refractivity contribution < 1.29 is 9.21 Å². The molecule has 1 N–H and O–H groups in total. The van der Waals surface area contributed by atoms with E-state index in [1.54, 1.807) is 0 Å². The highest BCUT2D eigenvalue weighted by atomic mass is 16.3. The van der Waals surface area contributed by atoms with Crippen molar-refractivity contribution in [2.24, 2.45) is 0 Å². The van der Waals surface area contributed by atoms with E-state index in [-0.39, 0.29) is 5.91 Å². The van der Waals surface area contributed by atoms with Gasteiger partial charge in [0.2, 0.25) is 5.89 Å². The fourth-order valence-electron chi connectivity index (χ4n) is 3.31. The molecule has 0 bridgehead atoms. The number of hydrogen-bond acceptors (Lipinski definition) is 4. The van der Waals surface area contributed by atoms with Crippen molar-refractivity contribution in [1.82, 2.24) is 4.98 Å². The number of rotatable bonds is 6. The summed E-state index contributed by atoms with van der Waals surface area (Å²) < 4.78 is 5.79. The Morgan fingerprint density at radius 3 is 2.28 bits per heavy atom. The highest BCUT2D eigenvalue weighted by Gasteiger charge is 2.10. The predicted molar refractivity (Wildman–Crippen MR) is 117 cm³/mol. The molecule has 146 valence electrons. The minimum atomic E-state index is -0.134. The number of aromatic nitrogens is 1. The summed E-state index contributed by atoms with van der Waals surface area (Å²) in [6.45, 7) is 6.12. The zero-order valence-electron chi connectivity index (χ0n) is 16.6. The molecule has 1 aromatic heterocycles. The van der Waals surface area contributed by atoms with Gasteiger partial charge in [-0.05, 0) is 74.5 Å². The zero-order chi connectivity index (χ0) is 20.2. The van der Waals surface area contributed by atoms with Gasteiger partial charge >= 0.3 is 0 Å². The second kappa shape index (κ2) is 8.19. The minimum Gasteiger partial charge on any atom is -0.436 e. The first-order chi connectivity index (χ1) is 14.2. The number of nitrogens with one attached hydrogen (secondary N) is 1. The number of oxazole rings is 1. The Bertz CT molecular complexity index is 1080. The molecule has 4 rings (SSSR count). The van der Waals surface area contributed by atoms with Gasteiger partial charge in [0.05, 0.1) is 0 Å². The molecule has 5 heteroatoms. The number of anilines is 2. The first kappa shape index (κ1) is 18.7. The number of carbonyl (C=O) groups excluding carboxylic acids is 1. The number of para-hydroxylation sites is 2. The van der Waals surface area contributed by atoms with Crippen LogP contribution in [0, 0.1) is 0 Å². The van der Waals surface area contributed by atoms with E-state index in [9.17, 15) is 4.79 Å². The van der Waals surface area contributed by atoms with Gasteiger partial charge in [0.15, 0.2) is 5.58 Å². The third-order valence-corrected chi connectivity index (χ3v) is 4.94. The van der Waals surface area contributed by atoms with Crippen molar-refractivity contribution in [3.8, 4) is 11.5 Å². The lowest BCUT2D eigenvalue weighted by Crippen LogP contribution is -2.21. The Morgan fingerprint density at radius 1 is 0.931 bits per heavy atom. The lowest BCUT2D eigenvalue weighted by Gasteiger charge is -2.21. The quantitative estimate of drug-likeness (QED) is 0.470. The van der Waals surface area contributed by atoms with Crippen molar-refractivity contribution in [2.45, 2.75) is 13.8 Å². The van der Waals surface area contributed by atoms with Crippen LogP contribution in [0.15, 0.2) is 77.2 Å². The van der Waals surface area contributed by atoms with Gasteiger partial charge in [-0.3, -0.25) is 4.79 Å². The molecule has 4 aromatic rings. The summed E-state index contributed by atoms with van der Waals surface area (Å²) in [7, 11) is 0. The summed E-state index contributed by atoms with van der Waals surface area (Å²) in [5.41, 5.74) is 4.92. The molecule has 0 spiro atoms. The molecule has 0 aliphatic carbocycles. The van der Waals surface area contributed by atoms with E-state index >= 15 is 0 Å². The molecule has 0 saturated carbocycles. The monoisotopic (exact) mass is 385 g/mol. The highest BCUT2D eigenvalue weighted by molar-refractivity contribution is 6.04. The average Bonchev–Trinajstić information content (AvgIpc) is 3.20. The zero-order valence-corrected chi connectivity index (χ0v) is 16.6. The van der Waals surface area contributed by atoms with Crippen LogP contribution in [0.2, 0.25) is 0 Å². The van der Waals surface area contributed by atoms with Crippen LogP contribution in [-0.4, -0.2) is 24.0 Å². The van der Waals surface area contributed by atoms with E-state index in [0.717, 1.165) is 41.1 Å². The molecule has 29 heavy (non-hydrogen) atoms. The van der Waals surface area contributed by atoms with Crippen LogP contribution in [0.1, 0.15) is 24.2 Å². The first-order valence-electron chi connectivity index (χ1n) is 9.80. The van der Waals surface area contributed by atoms with Gasteiger partial charge in [-0.25, -0.2) is 4.98 Å². The van der Waals surface area contributed by atoms with E-state index in [4.69, 9.17) is 4.42 Å². The van der Waals surface area contributed by atoms with Crippen molar-refractivity contribution in [2.75, 3.05) is 23.3 Å². The summed E-state index contributed by atoms with van der Waals surface area (Å²) in [6, 6.07) is 22.8. The second-order valence-corrected chi connectivity index (χ2v) is 6.74. The van der Waals surface area contributed by atoms with Crippen LogP contribution in [-0.2, 0) is 0 Å². The summed E-state index contributed by atoms with van der Waals surface area (Å²) in [5.74, 6) is 0.432. The molecule has 1 heterocycles. The third kappa shape index (κ3) is 3.99. The summed E-state index contributed by atoms with van der Waals surface area (Å²) in [6.07, 6.45) is 0. The molecular formula is C24H23N3O2. The normalized spacial score (nSPS) is 10.8. The molecule has 0 unspecified atom stereocenters. The number of amides is 1. The van der Waals surface area contributed by atoms with Crippen molar-refractivity contribution in [3.63, 3.8) is 0 Å². The molecular weight excluding hydrogens is 362 g/mol. The first-order valence-corrected chi connectivity index (χ1v) is 9.80. The van der Waals surface area contributed by atoms with Crippen LogP contribution in [0.3, 0.4) is 0 Å². The van der Waals surface area contributed by atoms with Crippen molar-refractivity contribution in [1.29, 1.82) is 0 Å². The predicted octanol–water partition coefficient (Wildman–Crippen LogP) is 5.59. The number of carbonyl (C=O) groups is 1. The third-order valence-electron chi connectivity index (χ3n) is 4.94. The standard InChI is InChI=1S/C24H23N3O2/c1-3-27(4-2)20-15-11-17(12-16-20)23(28)25-19-13-9-18(10-14-19)24-26-21-7-5-6-8-22(21)29-24/h5-16H,3-4H2,1-2H3,(H,25,28). The lowest BCUT2D eigenvalue weighted by molar-refractivity contribution is 0.102. The molecule has 0 fully saturated rings. The van der Waals surface area contributed by atoms with Crippen LogP contribution < -0.4 is 10.2 Å². The van der Waals surface area contributed by atoms with Crippen molar-refractivity contribution >= 4 is 28.4 Å². The Morgan fingerprint density at radius 2 is 1.62 bits per heavy atom. The van der Waals surface area contributed by atoms with Gasteiger partial charge < -0.3 is 14.6 Å². The average molecular weight is 385 g/mol. The minimum absolute atomic E-state index is 0.134. The van der Waals surface area contributed by atoms with Gasteiger partial charge in [-0.15, -0.1) is 0 Å². The molecule has 0 aliphatic rings. The summed E-state index contributed by atoms with van der Waals surface area (Å²) in [4.78, 5) is 19.3. The molecule has 1 amide bonds. The lowest BCUT2D eigenvalue weighted by atomic mass is 10.1. The number of benzene rings is 3. The van der Waals surface area contributed by atoms with Crippen LogP contribution in [0.25, 0.3) is 22.6 Å². The Balaban J connectivity index is 1.46. The fraction of sp³-hybridized carbons (Fsp3) is 0.167. The summed E-state index contributed by atoms with van der Waals surface area (Å²) in [5, 5.41) is 2.94. The van der Waals surface area contributed by atoms with Crippen LogP contribution >= 0.6 is 0 Å². The maximum atomic E-state index is 12.6. The summed E-state index contributed by atoms with van der Waals surface area (Å²) >= 11 is 0. The molecule has 0 atom stereocenters. The van der Waals surface area contributed by atoms with Crippen LogP contribution in [0.5, 0.6) is 0 Å². The molecule has 0 aliphatic heterocycles. The van der Waals surface area contributed by atoms with Gasteiger partial charge in [-0.1, -0.05) is 12.1 Å². The van der Waals surface area contributed by atoms with Gasteiger partial charge in [0, 0.05) is 35.6 Å². The van der Waals surface area contributed by atoms with Gasteiger partial charge in [0.25, 0.3) is 5.91 Å². The number of hydrogen-bond donors (Lipinski definition) is 1. The Labute approximate surface area is 170 Å². The molecule has 3 aromatic carbocycles. The number of nitrogens with zero attached hydrogens (tertiary/aromatic N) is 2.